The van der Waals surface area contributed by atoms with Gasteiger partial charge in [-0.1, -0.05) is 45.4 Å². The molecule has 7 heteroatoms. The van der Waals surface area contributed by atoms with E-state index in [2.05, 4.69) is 31.2 Å². The third-order valence-electron chi connectivity index (χ3n) is 4.43. The number of nitrogens with one attached hydrogen (secondary N) is 1. The highest BCUT2D eigenvalue weighted by molar-refractivity contribution is 9.10. The molecule has 2 aromatic carbocycles. The molecule has 0 amide bonds. The van der Waals surface area contributed by atoms with Gasteiger partial charge in [0.2, 0.25) is 0 Å². The molecule has 2 heterocycles. The largest absolute Gasteiger partial charge is 0.353 e. The van der Waals surface area contributed by atoms with Gasteiger partial charge in [-0.3, -0.25) is 9.59 Å². The van der Waals surface area contributed by atoms with E-state index in [4.69, 9.17) is 0 Å². The number of rotatable bonds is 3. The number of fused-ring (bicyclic) bond motifs is 1. The lowest BCUT2D eigenvalue weighted by molar-refractivity contribution is 0.0944. The maximum absolute atomic E-state index is 13.3. The van der Waals surface area contributed by atoms with E-state index in [1.807, 2.05) is 36.4 Å². The van der Waals surface area contributed by atoms with Crippen LogP contribution in [0.1, 0.15) is 33.5 Å². The summed E-state index contributed by atoms with van der Waals surface area (Å²) in [5.41, 5.74) is 4.07. The molecule has 0 saturated carbocycles. The summed E-state index contributed by atoms with van der Waals surface area (Å²) in [6, 6.07) is 14.7. The number of hydrogen-bond acceptors (Lipinski definition) is 4. The summed E-state index contributed by atoms with van der Waals surface area (Å²) in [7, 11) is 0. The van der Waals surface area contributed by atoms with E-state index in [-0.39, 0.29) is 11.7 Å². The first-order chi connectivity index (χ1) is 13.0. The second kappa shape index (κ2) is 6.59. The third kappa shape index (κ3) is 2.90. The molecule has 0 fully saturated rings. The number of aromatic nitrogens is 4. The van der Waals surface area contributed by atoms with Crippen LogP contribution in [0.4, 0.5) is 0 Å². The monoisotopic (exact) mass is 422 g/mol. The lowest BCUT2D eigenvalue weighted by atomic mass is 9.97. The van der Waals surface area contributed by atoms with E-state index < -0.39 is 0 Å². The number of halogens is 1. The van der Waals surface area contributed by atoms with Crippen LogP contribution in [0.2, 0.25) is 0 Å². The molecule has 4 aromatic rings. The average Bonchev–Trinajstić information content (AvgIpc) is 3.23. The van der Waals surface area contributed by atoms with Gasteiger partial charge in [-0.05, 0) is 43.7 Å². The molecule has 0 aliphatic carbocycles. The summed E-state index contributed by atoms with van der Waals surface area (Å²) in [4.78, 5) is 28.7. The van der Waals surface area contributed by atoms with Gasteiger partial charge in [-0.15, -0.1) is 5.10 Å². The zero-order valence-corrected chi connectivity index (χ0v) is 16.2. The second-order valence-electron chi connectivity index (χ2n) is 6.23. The van der Waals surface area contributed by atoms with Crippen molar-refractivity contribution in [2.75, 3.05) is 0 Å². The van der Waals surface area contributed by atoms with E-state index in [0.717, 1.165) is 10.0 Å². The molecule has 0 saturated heterocycles. The Hall–Kier alpha value is -3.06. The first kappa shape index (κ1) is 17.4. The predicted molar refractivity (Wildman–Crippen MR) is 106 cm³/mol. The van der Waals surface area contributed by atoms with Gasteiger partial charge >= 0.3 is 0 Å². The van der Waals surface area contributed by atoms with Crippen molar-refractivity contribution < 1.29 is 9.59 Å². The van der Waals surface area contributed by atoms with Gasteiger partial charge in [0.1, 0.15) is 11.2 Å². The van der Waals surface area contributed by atoms with Crippen LogP contribution in [0.25, 0.3) is 22.2 Å². The van der Waals surface area contributed by atoms with E-state index >= 15 is 0 Å². The van der Waals surface area contributed by atoms with Gasteiger partial charge in [-0.25, -0.2) is 0 Å². The van der Waals surface area contributed by atoms with E-state index in [1.54, 1.807) is 19.1 Å². The molecular weight excluding hydrogens is 408 g/mol. The number of benzene rings is 2. The maximum atomic E-state index is 13.3. The van der Waals surface area contributed by atoms with Gasteiger partial charge in [0, 0.05) is 21.3 Å². The highest BCUT2D eigenvalue weighted by Crippen LogP contribution is 2.32. The Bertz CT molecular complexity index is 1190. The lowest BCUT2D eigenvalue weighted by Gasteiger charge is -2.07. The number of hydrogen-bond donors (Lipinski definition) is 1. The smallest absolute Gasteiger partial charge is 0.297 e. The Morgan fingerprint density at radius 3 is 2.48 bits per heavy atom. The molecule has 0 aliphatic heterocycles. The Labute approximate surface area is 163 Å². The fourth-order valence-corrected chi connectivity index (χ4v) is 3.52. The molecule has 0 unspecified atom stereocenters. The molecule has 6 nitrogen and oxygen atoms in total. The van der Waals surface area contributed by atoms with Crippen LogP contribution in [0.15, 0.2) is 53.0 Å². The number of aromatic amines is 1. The Morgan fingerprint density at radius 2 is 1.78 bits per heavy atom. The molecule has 2 aromatic heterocycles. The van der Waals surface area contributed by atoms with Crippen molar-refractivity contribution in [1.82, 2.24) is 20.0 Å². The fraction of sp³-hybridized carbons (Fsp3) is 0.100. The normalized spacial score (nSPS) is 11.1. The quantitative estimate of drug-likeness (QED) is 0.496. The number of Topliss-reactive ketones (excluding diaryl/α,β-unsaturated/α-hetero) is 1. The molecule has 27 heavy (non-hydrogen) atoms. The zero-order chi connectivity index (χ0) is 19.1. The van der Waals surface area contributed by atoms with Crippen LogP contribution in [-0.4, -0.2) is 31.7 Å². The van der Waals surface area contributed by atoms with Crippen molar-refractivity contribution >= 4 is 38.7 Å². The Balaban J connectivity index is 1.95. The first-order valence-corrected chi connectivity index (χ1v) is 9.11. The summed E-state index contributed by atoms with van der Waals surface area (Å²) in [5.74, 6) is -0.471. The number of ketones is 1. The topological polar surface area (TPSA) is 80.6 Å². The van der Waals surface area contributed by atoms with Gasteiger partial charge in [0.05, 0.1) is 5.52 Å². The van der Waals surface area contributed by atoms with Crippen molar-refractivity contribution in [3.63, 3.8) is 0 Å². The molecule has 0 bridgehead atoms. The summed E-state index contributed by atoms with van der Waals surface area (Å²) in [6.45, 7) is 3.28. The van der Waals surface area contributed by atoms with Crippen molar-refractivity contribution in [3.8, 4) is 11.1 Å². The highest BCUT2D eigenvalue weighted by Gasteiger charge is 2.26. The molecule has 0 radical (unpaired) electrons. The maximum Gasteiger partial charge on any atom is 0.297 e. The highest BCUT2D eigenvalue weighted by atomic mass is 79.9. The Kier molecular flexibility index (Phi) is 4.24. The third-order valence-corrected chi connectivity index (χ3v) is 4.96. The molecule has 134 valence electrons. The predicted octanol–water partition coefficient (Wildman–Crippen LogP) is 4.39. The van der Waals surface area contributed by atoms with Crippen LogP contribution in [0.3, 0.4) is 0 Å². The molecule has 1 N–H and O–H groups in total. The van der Waals surface area contributed by atoms with Crippen LogP contribution in [0.5, 0.6) is 0 Å². The minimum absolute atomic E-state index is 0.107. The van der Waals surface area contributed by atoms with Crippen molar-refractivity contribution in [2.45, 2.75) is 13.8 Å². The summed E-state index contributed by atoms with van der Waals surface area (Å²) >= 11 is 3.41. The Morgan fingerprint density at radius 1 is 1.07 bits per heavy atom. The van der Waals surface area contributed by atoms with E-state index in [0.29, 0.717) is 33.5 Å². The SMILES string of the molecule is CC(=O)c1c(C)[nH]c(C(=O)n2nnc3ccccc32)c1-c1ccc(Br)cc1. The van der Waals surface area contributed by atoms with Gasteiger partial charge < -0.3 is 4.98 Å². The van der Waals surface area contributed by atoms with Crippen molar-refractivity contribution in [3.05, 3.63) is 70.0 Å². The summed E-state index contributed by atoms with van der Waals surface area (Å²) < 4.78 is 2.17. The van der Waals surface area contributed by atoms with Crippen LogP contribution in [-0.2, 0) is 0 Å². The minimum atomic E-state index is -0.364. The van der Waals surface area contributed by atoms with Crippen molar-refractivity contribution in [2.24, 2.45) is 0 Å². The standard InChI is InChI=1S/C20H15BrN4O2/c1-11-17(12(2)26)18(13-7-9-14(21)10-8-13)19(22-11)20(27)25-16-6-4-3-5-15(16)23-24-25/h3-10,22H,1-2H3. The summed E-state index contributed by atoms with van der Waals surface area (Å²) in [5, 5.41) is 8.06. The molecule has 0 aliphatic rings. The number of H-pyrrole nitrogens is 1. The molecule has 0 spiro atoms. The van der Waals surface area contributed by atoms with Crippen LogP contribution < -0.4 is 0 Å². The van der Waals surface area contributed by atoms with Gasteiger partial charge in [0.25, 0.3) is 5.91 Å². The van der Waals surface area contributed by atoms with Crippen LogP contribution >= 0.6 is 15.9 Å². The number of carbonyl (C=O) groups is 2. The van der Waals surface area contributed by atoms with Crippen molar-refractivity contribution in [1.29, 1.82) is 0 Å². The lowest BCUT2D eigenvalue weighted by Crippen LogP contribution is -2.15. The number of aryl methyl sites for hydroxylation is 1. The fourth-order valence-electron chi connectivity index (χ4n) is 3.26. The van der Waals surface area contributed by atoms with E-state index in [1.165, 1.54) is 11.6 Å². The van der Waals surface area contributed by atoms with Gasteiger partial charge in [0.15, 0.2) is 5.78 Å². The number of para-hydroxylation sites is 1. The van der Waals surface area contributed by atoms with E-state index in [9.17, 15) is 9.59 Å². The minimum Gasteiger partial charge on any atom is -0.353 e. The molecule has 0 atom stereocenters. The second-order valence-corrected chi connectivity index (χ2v) is 7.15. The van der Waals surface area contributed by atoms with Gasteiger partial charge in [-0.2, -0.15) is 4.68 Å². The van der Waals surface area contributed by atoms with Crippen LogP contribution in [0, 0.1) is 6.92 Å². The first-order valence-electron chi connectivity index (χ1n) is 8.32. The molecule has 4 rings (SSSR count). The zero-order valence-electron chi connectivity index (χ0n) is 14.7. The molecular formula is C20H15BrN4O2. The number of carbonyl (C=O) groups excluding carboxylic acids is 2. The average molecular weight is 423 g/mol. The summed E-state index contributed by atoms with van der Waals surface area (Å²) in [6.07, 6.45) is 0. The number of nitrogens with zero attached hydrogens (tertiary/aromatic N) is 3.